The first kappa shape index (κ1) is 15.9. The van der Waals surface area contributed by atoms with Crippen molar-refractivity contribution < 1.29 is 18.3 Å². The average molecular weight is 313 g/mol. The molecule has 1 aromatic heterocycles. The van der Waals surface area contributed by atoms with E-state index in [1.165, 1.54) is 4.31 Å². The van der Waals surface area contributed by atoms with Gasteiger partial charge in [0, 0.05) is 19.3 Å². The number of carboxylic acid groups (broad SMARTS) is 1. The number of nitrogens with one attached hydrogen (secondary N) is 1. The smallest absolute Gasteiger partial charge is 0.306 e. The Morgan fingerprint density at radius 3 is 2.62 bits per heavy atom. The van der Waals surface area contributed by atoms with Crippen LogP contribution in [0.25, 0.3) is 0 Å². The number of carbonyl (C=O) groups is 1. The molecule has 1 aliphatic heterocycles. The first-order valence-corrected chi connectivity index (χ1v) is 8.25. The molecule has 2 heterocycles. The first-order chi connectivity index (χ1) is 9.90. The summed E-state index contributed by atoms with van der Waals surface area (Å²) in [5.74, 6) is -1.31. The molecular weight excluding hydrogens is 294 g/mol. The molecule has 116 valence electrons. The molecule has 0 unspecified atom stereocenters. The van der Waals surface area contributed by atoms with Crippen molar-refractivity contribution in [2.75, 3.05) is 13.1 Å². The third kappa shape index (κ3) is 3.99. The van der Waals surface area contributed by atoms with Crippen LogP contribution < -0.4 is 4.72 Å². The maximum absolute atomic E-state index is 12.3. The van der Waals surface area contributed by atoms with Gasteiger partial charge in [0.2, 0.25) is 0 Å². The Bertz CT molecular complexity index is 583. The molecule has 0 aliphatic carbocycles. The molecule has 1 saturated heterocycles. The van der Waals surface area contributed by atoms with Crippen molar-refractivity contribution in [1.82, 2.24) is 14.0 Å². The second kappa shape index (κ2) is 6.50. The Morgan fingerprint density at radius 2 is 2.10 bits per heavy atom. The van der Waals surface area contributed by atoms with Gasteiger partial charge in [-0.15, -0.1) is 0 Å². The highest BCUT2D eigenvalue weighted by atomic mass is 32.2. The summed E-state index contributed by atoms with van der Waals surface area (Å²) in [5, 5.41) is 8.93. The van der Waals surface area contributed by atoms with E-state index in [9.17, 15) is 13.2 Å². The third-order valence-electron chi connectivity index (χ3n) is 3.60. The highest BCUT2D eigenvalue weighted by Gasteiger charge is 2.31. The summed E-state index contributed by atoms with van der Waals surface area (Å²) in [5.41, 5.74) is 0.640. The lowest BCUT2D eigenvalue weighted by molar-refractivity contribution is -0.142. The Morgan fingerprint density at radius 1 is 1.43 bits per heavy atom. The van der Waals surface area contributed by atoms with Gasteiger partial charge < -0.3 is 5.11 Å². The van der Waals surface area contributed by atoms with Crippen molar-refractivity contribution in [2.24, 2.45) is 5.92 Å². The minimum atomic E-state index is -3.63. The van der Waals surface area contributed by atoms with E-state index >= 15 is 0 Å². The lowest BCUT2D eigenvalue weighted by Gasteiger charge is -2.30. The van der Waals surface area contributed by atoms with Gasteiger partial charge in [-0.2, -0.15) is 17.4 Å². The van der Waals surface area contributed by atoms with Crippen LogP contribution >= 0.6 is 0 Å². The van der Waals surface area contributed by atoms with Crippen LogP contribution in [0.5, 0.6) is 0 Å². The van der Waals surface area contributed by atoms with E-state index in [0.29, 0.717) is 18.5 Å². The maximum atomic E-state index is 12.3. The van der Waals surface area contributed by atoms with E-state index in [0.717, 1.165) is 0 Å². The minimum Gasteiger partial charge on any atom is -0.481 e. The molecule has 1 aliphatic rings. The van der Waals surface area contributed by atoms with Crippen molar-refractivity contribution in [3.63, 3.8) is 0 Å². The van der Waals surface area contributed by atoms with E-state index < -0.39 is 28.1 Å². The summed E-state index contributed by atoms with van der Waals surface area (Å²) in [7, 11) is -3.63. The number of piperidine rings is 1. The van der Waals surface area contributed by atoms with Gasteiger partial charge in [0.15, 0.2) is 0 Å². The molecule has 2 rings (SSSR count). The highest BCUT2D eigenvalue weighted by molar-refractivity contribution is 7.87. The molecule has 0 radical (unpaired) electrons. The fourth-order valence-corrected chi connectivity index (χ4v) is 3.74. The zero-order valence-electron chi connectivity index (χ0n) is 11.8. The van der Waals surface area contributed by atoms with Crippen molar-refractivity contribution in [2.45, 2.75) is 25.8 Å². The largest absolute Gasteiger partial charge is 0.481 e. The summed E-state index contributed by atoms with van der Waals surface area (Å²) < 4.78 is 28.4. The predicted octanol–water partition coefficient (Wildman–Crippen LogP) is 0.774. The molecule has 0 spiro atoms. The van der Waals surface area contributed by atoms with Gasteiger partial charge in [0.05, 0.1) is 17.7 Å². The predicted molar refractivity (Wildman–Crippen MR) is 76.6 cm³/mol. The maximum Gasteiger partial charge on any atom is 0.306 e. The van der Waals surface area contributed by atoms with Crippen LogP contribution in [0, 0.1) is 5.92 Å². The number of pyridine rings is 1. The van der Waals surface area contributed by atoms with Crippen LogP contribution in [0.2, 0.25) is 0 Å². The SMILES string of the molecule is C[C@@H](NS(=O)(=O)N1CCC(C(=O)O)CC1)c1ccccn1. The lowest BCUT2D eigenvalue weighted by atomic mass is 9.99. The van der Waals surface area contributed by atoms with Crippen molar-refractivity contribution in [1.29, 1.82) is 0 Å². The minimum absolute atomic E-state index is 0.223. The molecule has 0 bridgehead atoms. The number of aromatic nitrogens is 1. The molecule has 2 N–H and O–H groups in total. The highest BCUT2D eigenvalue weighted by Crippen LogP contribution is 2.20. The normalized spacial score (nSPS) is 19.3. The van der Waals surface area contributed by atoms with Crippen LogP contribution in [-0.2, 0) is 15.0 Å². The van der Waals surface area contributed by atoms with E-state index in [2.05, 4.69) is 9.71 Å². The van der Waals surface area contributed by atoms with Gasteiger partial charge >= 0.3 is 5.97 Å². The Labute approximate surface area is 124 Å². The molecule has 1 aromatic rings. The second-order valence-corrected chi connectivity index (χ2v) is 6.81. The van der Waals surface area contributed by atoms with E-state index in [1.807, 2.05) is 0 Å². The Kier molecular flexibility index (Phi) is 4.92. The fourth-order valence-electron chi connectivity index (χ4n) is 2.33. The molecule has 0 amide bonds. The summed E-state index contributed by atoms with van der Waals surface area (Å²) in [6.45, 7) is 2.17. The van der Waals surface area contributed by atoms with Crippen molar-refractivity contribution >= 4 is 16.2 Å². The van der Waals surface area contributed by atoms with Crippen LogP contribution in [0.1, 0.15) is 31.5 Å². The van der Waals surface area contributed by atoms with Gasteiger partial charge in [-0.25, -0.2) is 0 Å². The van der Waals surface area contributed by atoms with Gasteiger partial charge in [0.1, 0.15) is 0 Å². The summed E-state index contributed by atoms with van der Waals surface area (Å²) in [6.07, 6.45) is 2.29. The Balaban J connectivity index is 1.98. The number of nitrogens with zero attached hydrogens (tertiary/aromatic N) is 2. The van der Waals surface area contributed by atoms with E-state index in [1.54, 1.807) is 31.3 Å². The molecule has 8 heteroatoms. The van der Waals surface area contributed by atoms with E-state index in [-0.39, 0.29) is 13.1 Å². The summed E-state index contributed by atoms with van der Waals surface area (Å²) in [6, 6.07) is 4.88. The first-order valence-electron chi connectivity index (χ1n) is 6.81. The van der Waals surface area contributed by atoms with Crippen molar-refractivity contribution in [3.05, 3.63) is 30.1 Å². The van der Waals surface area contributed by atoms with Crippen LogP contribution in [-0.4, -0.2) is 41.9 Å². The monoisotopic (exact) mass is 313 g/mol. The quantitative estimate of drug-likeness (QED) is 0.836. The van der Waals surface area contributed by atoms with Gasteiger partial charge in [-0.3, -0.25) is 9.78 Å². The summed E-state index contributed by atoms with van der Waals surface area (Å²) >= 11 is 0. The van der Waals surface area contributed by atoms with Crippen LogP contribution in [0.15, 0.2) is 24.4 Å². The lowest BCUT2D eigenvalue weighted by Crippen LogP contribution is -2.46. The third-order valence-corrected chi connectivity index (χ3v) is 5.30. The fraction of sp³-hybridized carbons (Fsp3) is 0.538. The van der Waals surface area contributed by atoms with E-state index in [4.69, 9.17) is 5.11 Å². The number of hydrogen-bond acceptors (Lipinski definition) is 4. The molecule has 0 aromatic carbocycles. The van der Waals surface area contributed by atoms with Crippen LogP contribution in [0.4, 0.5) is 0 Å². The number of aliphatic carboxylic acids is 1. The molecule has 1 fully saturated rings. The molecule has 0 saturated carbocycles. The standard InChI is InChI=1S/C13H19N3O4S/c1-10(12-4-2-3-7-14-12)15-21(19,20)16-8-5-11(6-9-16)13(17)18/h2-4,7,10-11,15H,5-6,8-9H2,1H3,(H,17,18)/t10-/m1/s1. The van der Waals surface area contributed by atoms with Crippen LogP contribution in [0.3, 0.4) is 0 Å². The second-order valence-electron chi connectivity index (χ2n) is 5.11. The number of carboxylic acids is 1. The average Bonchev–Trinajstić information content (AvgIpc) is 2.48. The zero-order chi connectivity index (χ0) is 15.5. The van der Waals surface area contributed by atoms with Gasteiger partial charge in [-0.1, -0.05) is 6.07 Å². The molecule has 21 heavy (non-hydrogen) atoms. The number of rotatable bonds is 5. The molecule has 7 nitrogen and oxygen atoms in total. The van der Waals surface area contributed by atoms with Gasteiger partial charge in [0.25, 0.3) is 10.2 Å². The topological polar surface area (TPSA) is 99.6 Å². The zero-order valence-corrected chi connectivity index (χ0v) is 12.6. The van der Waals surface area contributed by atoms with Crippen molar-refractivity contribution in [3.8, 4) is 0 Å². The Hall–Kier alpha value is -1.51. The summed E-state index contributed by atoms with van der Waals surface area (Å²) in [4.78, 5) is 15.0. The van der Waals surface area contributed by atoms with Gasteiger partial charge in [-0.05, 0) is 31.9 Å². The number of hydrogen-bond donors (Lipinski definition) is 2. The molecule has 1 atom stereocenters. The molecular formula is C13H19N3O4S.